The molecule has 5 heteroatoms. The van der Waals surface area contributed by atoms with Gasteiger partial charge in [0.1, 0.15) is 0 Å². The van der Waals surface area contributed by atoms with E-state index < -0.39 is 0 Å². The zero-order valence-electron chi connectivity index (χ0n) is 11.6. The first-order chi connectivity index (χ1) is 9.85. The lowest BCUT2D eigenvalue weighted by molar-refractivity contribution is 0.0597. The number of hydrogen-bond acceptors (Lipinski definition) is 5. The summed E-state index contributed by atoms with van der Waals surface area (Å²) in [7, 11) is 0. The van der Waals surface area contributed by atoms with Gasteiger partial charge in [-0.2, -0.15) is 4.98 Å². The standard InChI is InChI=1S/C15H19N3O2/c1-2-16-14-17-13(18-20-14)15(8-10-19-11-9-15)12-6-4-3-5-7-12/h3-7H,2,8-11H2,1H3,(H,16,17,18). The van der Waals surface area contributed by atoms with Gasteiger partial charge in [0.25, 0.3) is 0 Å². The fraction of sp³-hybridized carbons (Fsp3) is 0.467. The van der Waals surface area contributed by atoms with E-state index in [1.165, 1.54) is 5.56 Å². The van der Waals surface area contributed by atoms with Gasteiger partial charge in [-0.25, -0.2) is 0 Å². The van der Waals surface area contributed by atoms with Gasteiger partial charge in [0.05, 0.1) is 5.41 Å². The Morgan fingerprint density at radius 3 is 2.65 bits per heavy atom. The van der Waals surface area contributed by atoms with Crippen LogP contribution in [0.25, 0.3) is 0 Å². The molecule has 0 aliphatic carbocycles. The fourth-order valence-corrected chi connectivity index (χ4v) is 2.76. The molecule has 2 aromatic rings. The van der Waals surface area contributed by atoms with E-state index in [1.54, 1.807) is 0 Å². The normalized spacial score (nSPS) is 17.9. The van der Waals surface area contributed by atoms with Gasteiger partial charge in [-0.1, -0.05) is 35.5 Å². The Hall–Kier alpha value is -1.88. The summed E-state index contributed by atoms with van der Waals surface area (Å²) < 4.78 is 10.8. The summed E-state index contributed by atoms with van der Waals surface area (Å²) in [4.78, 5) is 4.53. The van der Waals surface area contributed by atoms with Crippen LogP contribution in [0.2, 0.25) is 0 Å². The van der Waals surface area contributed by atoms with Crippen LogP contribution in [0.3, 0.4) is 0 Å². The van der Waals surface area contributed by atoms with Crippen molar-refractivity contribution in [1.82, 2.24) is 10.1 Å². The van der Waals surface area contributed by atoms with E-state index in [-0.39, 0.29) is 5.41 Å². The van der Waals surface area contributed by atoms with Gasteiger partial charge in [0.15, 0.2) is 5.82 Å². The third-order valence-corrected chi connectivity index (χ3v) is 3.85. The molecule has 0 amide bonds. The first-order valence-corrected chi connectivity index (χ1v) is 7.06. The molecule has 0 unspecified atom stereocenters. The van der Waals surface area contributed by atoms with Gasteiger partial charge in [-0.3, -0.25) is 0 Å². The Balaban J connectivity index is 2.00. The number of nitrogens with zero attached hydrogens (tertiary/aromatic N) is 2. The molecule has 1 fully saturated rings. The second-order valence-corrected chi connectivity index (χ2v) is 5.01. The summed E-state index contributed by atoms with van der Waals surface area (Å²) in [6.07, 6.45) is 1.75. The van der Waals surface area contributed by atoms with E-state index in [0.29, 0.717) is 6.01 Å². The van der Waals surface area contributed by atoms with Gasteiger partial charge in [0.2, 0.25) is 0 Å². The SMILES string of the molecule is CCNc1nc(C2(c3ccccc3)CCOCC2)no1. The van der Waals surface area contributed by atoms with Gasteiger partial charge >= 0.3 is 6.01 Å². The van der Waals surface area contributed by atoms with Crippen molar-refractivity contribution in [1.29, 1.82) is 0 Å². The Morgan fingerprint density at radius 1 is 1.20 bits per heavy atom. The van der Waals surface area contributed by atoms with E-state index in [9.17, 15) is 0 Å². The number of anilines is 1. The molecule has 1 aromatic heterocycles. The molecule has 1 aliphatic rings. The fourth-order valence-electron chi connectivity index (χ4n) is 2.76. The minimum Gasteiger partial charge on any atom is -0.381 e. The smallest absolute Gasteiger partial charge is 0.321 e. The predicted molar refractivity (Wildman–Crippen MR) is 75.7 cm³/mol. The van der Waals surface area contributed by atoms with Gasteiger partial charge < -0.3 is 14.6 Å². The lowest BCUT2D eigenvalue weighted by atomic mass is 9.73. The molecule has 1 aliphatic heterocycles. The number of nitrogens with one attached hydrogen (secondary N) is 1. The van der Waals surface area contributed by atoms with Crippen LogP contribution in [0.5, 0.6) is 0 Å². The largest absolute Gasteiger partial charge is 0.381 e. The summed E-state index contributed by atoms with van der Waals surface area (Å²) in [5, 5.41) is 7.27. The first-order valence-electron chi connectivity index (χ1n) is 7.06. The average Bonchev–Trinajstić information content (AvgIpc) is 2.98. The Bertz CT molecular complexity index is 547. The molecule has 0 saturated carbocycles. The topological polar surface area (TPSA) is 60.2 Å². The van der Waals surface area contributed by atoms with Crippen LogP contribution < -0.4 is 5.32 Å². The van der Waals surface area contributed by atoms with Crippen LogP contribution in [0.1, 0.15) is 31.2 Å². The molecule has 106 valence electrons. The van der Waals surface area contributed by atoms with E-state index in [0.717, 1.165) is 38.4 Å². The second kappa shape index (κ2) is 5.63. The Morgan fingerprint density at radius 2 is 1.95 bits per heavy atom. The zero-order valence-corrected chi connectivity index (χ0v) is 11.6. The van der Waals surface area contributed by atoms with Crippen LogP contribution in [-0.2, 0) is 10.2 Å². The minimum absolute atomic E-state index is 0.198. The van der Waals surface area contributed by atoms with Gasteiger partial charge in [-0.05, 0) is 25.3 Å². The van der Waals surface area contributed by atoms with Crippen molar-refractivity contribution >= 4 is 6.01 Å². The molecule has 1 saturated heterocycles. The second-order valence-electron chi connectivity index (χ2n) is 5.01. The molecule has 1 aromatic carbocycles. The molecule has 1 N–H and O–H groups in total. The summed E-state index contributed by atoms with van der Waals surface area (Å²) in [5.41, 5.74) is 1.03. The van der Waals surface area contributed by atoms with Crippen molar-refractivity contribution in [2.24, 2.45) is 0 Å². The Kier molecular flexibility index (Phi) is 3.69. The third kappa shape index (κ3) is 2.29. The number of rotatable bonds is 4. The zero-order chi connectivity index (χ0) is 13.8. The van der Waals surface area contributed by atoms with Crippen molar-refractivity contribution in [2.45, 2.75) is 25.2 Å². The van der Waals surface area contributed by atoms with Crippen LogP contribution >= 0.6 is 0 Å². The van der Waals surface area contributed by atoms with Crippen molar-refractivity contribution in [3.05, 3.63) is 41.7 Å². The van der Waals surface area contributed by atoms with Crippen LogP contribution in [0.15, 0.2) is 34.9 Å². The third-order valence-electron chi connectivity index (χ3n) is 3.85. The lowest BCUT2D eigenvalue weighted by Crippen LogP contribution is -2.36. The van der Waals surface area contributed by atoms with Crippen molar-refractivity contribution in [3.8, 4) is 0 Å². The minimum atomic E-state index is -0.198. The number of hydrogen-bond donors (Lipinski definition) is 1. The van der Waals surface area contributed by atoms with Crippen LogP contribution in [-0.4, -0.2) is 29.9 Å². The quantitative estimate of drug-likeness (QED) is 0.927. The molecule has 0 atom stereocenters. The number of ether oxygens (including phenoxy) is 1. The van der Waals surface area contributed by atoms with E-state index in [2.05, 4.69) is 39.7 Å². The van der Waals surface area contributed by atoms with Crippen molar-refractivity contribution < 1.29 is 9.26 Å². The first kappa shape index (κ1) is 13.1. The summed E-state index contributed by atoms with van der Waals surface area (Å²) in [5.74, 6) is 0.753. The molecule has 20 heavy (non-hydrogen) atoms. The molecule has 2 heterocycles. The van der Waals surface area contributed by atoms with Gasteiger partial charge in [0, 0.05) is 19.8 Å². The van der Waals surface area contributed by atoms with Crippen molar-refractivity contribution in [3.63, 3.8) is 0 Å². The van der Waals surface area contributed by atoms with Gasteiger partial charge in [-0.15, -0.1) is 0 Å². The molecule has 5 nitrogen and oxygen atoms in total. The number of benzene rings is 1. The molecular weight excluding hydrogens is 254 g/mol. The highest BCUT2D eigenvalue weighted by Crippen LogP contribution is 2.39. The maximum Gasteiger partial charge on any atom is 0.321 e. The molecule has 0 radical (unpaired) electrons. The number of aromatic nitrogens is 2. The summed E-state index contributed by atoms with van der Waals surface area (Å²) in [6, 6.07) is 10.9. The van der Waals surface area contributed by atoms with E-state index in [4.69, 9.17) is 9.26 Å². The molecular formula is C15H19N3O2. The maximum absolute atomic E-state index is 5.52. The maximum atomic E-state index is 5.52. The summed E-state index contributed by atoms with van der Waals surface area (Å²) in [6.45, 7) is 4.22. The Labute approximate surface area is 118 Å². The van der Waals surface area contributed by atoms with Crippen LogP contribution in [0.4, 0.5) is 6.01 Å². The molecule has 3 rings (SSSR count). The van der Waals surface area contributed by atoms with E-state index in [1.807, 2.05) is 13.0 Å². The summed E-state index contributed by atoms with van der Waals surface area (Å²) >= 11 is 0. The predicted octanol–water partition coefficient (Wildman–Crippen LogP) is 2.60. The van der Waals surface area contributed by atoms with Crippen molar-refractivity contribution in [2.75, 3.05) is 25.1 Å². The highest BCUT2D eigenvalue weighted by Gasteiger charge is 2.40. The lowest BCUT2D eigenvalue weighted by Gasteiger charge is -2.34. The molecule has 0 spiro atoms. The molecule has 0 bridgehead atoms. The van der Waals surface area contributed by atoms with E-state index >= 15 is 0 Å². The highest BCUT2D eigenvalue weighted by atomic mass is 16.5. The van der Waals surface area contributed by atoms with Crippen LogP contribution in [0, 0.1) is 0 Å². The highest BCUT2D eigenvalue weighted by molar-refractivity contribution is 5.35. The average molecular weight is 273 g/mol. The monoisotopic (exact) mass is 273 g/mol.